The quantitative estimate of drug-likeness (QED) is 0.296. The number of nitrogens with two attached hydrogens (primary N) is 1. The molecule has 5 N–H and O–H groups in total. The van der Waals surface area contributed by atoms with Gasteiger partial charge in [0.15, 0.2) is 17.5 Å². The lowest BCUT2D eigenvalue weighted by Crippen LogP contribution is -2.29. The summed E-state index contributed by atoms with van der Waals surface area (Å²) in [6, 6.07) is 13.2. The molecule has 0 aliphatic rings. The molecular weight excluding hydrogens is 444 g/mol. The molecule has 4 aromatic heterocycles. The molecule has 0 spiro atoms. The van der Waals surface area contributed by atoms with Crippen LogP contribution < -0.4 is 16.4 Å². The molecule has 0 radical (unpaired) electrons. The van der Waals surface area contributed by atoms with Gasteiger partial charge in [-0.15, -0.1) is 0 Å². The Morgan fingerprint density at radius 1 is 1.00 bits per heavy atom. The molecule has 0 saturated heterocycles. The Kier molecular flexibility index (Phi) is 5.57. The minimum atomic E-state index is -0.101. The van der Waals surface area contributed by atoms with Gasteiger partial charge in [-0.05, 0) is 56.2 Å². The molecule has 5 rings (SSSR count). The highest BCUT2D eigenvalue weighted by atomic mass is 16.1. The second-order valence-electron chi connectivity index (χ2n) is 8.31. The minimum absolute atomic E-state index is 0.0709. The highest BCUT2D eigenvalue weighted by Crippen LogP contribution is 2.31. The number of carbonyl (C=O) groups is 1. The summed E-state index contributed by atoms with van der Waals surface area (Å²) in [4.78, 5) is 30.0. The number of hydrogen-bond donors (Lipinski definition) is 4. The van der Waals surface area contributed by atoms with Gasteiger partial charge >= 0.3 is 0 Å². The Morgan fingerprint density at radius 3 is 2.46 bits per heavy atom. The number of fused-ring (bicyclic) bond motifs is 1. The van der Waals surface area contributed by atoms with Crippen LogP contribution in [0.25, 0.3) is 28.3 Å². The topological polar surface area (TPSA) is 152 Å². The van der Waals surface area contributed by atoms with Gasteiger partial charge < -0.3 is 16.4 Å². The van der Waals surface area contributed by atoms with Crippen molar-refractivity contribution in [2.45, 2.75) is 26.8 Å². The number of anilines is 3. The van der Waals surface area contributed by atoms with Crippen molar-refractivity contribution in [1.29, 1.82) is 0 Å². The number of aryl methyl sites for hydroxylation is 1. The number of nitrogens with zero attached hydrogens (tertiary/aromatic N) is 6. The van der Waals surface area contributed by atoms with E-state index in [9.17, 15) is 4.79 Å². The van der Waals surface area contributed by atoms with Crippen LogP contribution in [0.1, 0.15) is 30.0 Å². The third kappa shape index (κ3) is 4.51. The maximum atomic E-state index is 12.3. The number of amides is 1. The van der Waals surface area contributed by atoms with Crippen LogP contribution in [0.5, 0.6) is 0 Å². The average Bonchev–Trinajstić information content (AvgIpc) is 3.45. The van der Waals surface area contributed by atoms with Crippen LogP contribution >= 0.6 is 0 Å². The molecule has 0 unspecified atom stereocenters. The van der Waals surface area contributed by atoms with E-state index in [1.165, 1.54) is 0 Å². The van der Waals surface area contributed by atoms with Crippen LogP contribution in [0.3, 0.4) is 0 Å². The van der Waals surface area contributed by atoms with E-state index >= 15 is 0 Å². The van der Waals surface area contributed by atoms with Crippen molar-refractivity contribution in [3.63, 3.8) is 0 Å². The van der Waals surface area contributed by atoms with E-state index in [-0.39, 0.29) is 17.9 Å². The molecule has 0 aliphatic heterocycles. The van der Waals surface area contributed by atoms with Crippen molar-refractivity contribution < 1.29 is 4.79 Å². The van der Waals surface area contributed by atoms with Crippen LogP contribution in [-0.2, 0) is 0 Å². The fraction of sp³-hybridized carbons (Fsp3) is 0.167. The van der Waals surface area contributed by atoms with Crippen molar-refractivity contribution in [2.24, 2.45) is 0 Å². The van der Waals surface area contributed by atoms with Gasteiger partial charge in [0.2, 0.25) is 5.95 Å². The van der Waals surface area contributed by atoms with Gasteiger partial charge in [-0.3, -0.25) is 14.3 Å². The zero-order chi connectivity index (χ0) is 24.5. The summed E-state index contributed by atoms with van der Waals surface area (Å²) < 4.78 is 1.90. The number of pyridine rings is 1. The van der Waals surface area contributed by atoms with Crippen LogP contribution in [0.4, 0.5) is 17.6 Å². The number of nitrogens with one attached hydrogen (secondary N) is 3. The summed E-state index contributed by atoms with van der Waals surface area (Å²) >= 11 is 0. The number of aromatic nitrogens is 7. The zero-order valence-corrected chi connectivity index (χ0v) is 19.4. The third-order valence-corrected chi connectivity index (χ3v) is 5.24. The highest BCUT2D eigenvalue weighted by molar-refractivity contribution is 5.94. The van der Waals surface area contributed by atoms with Gasteiger partial charge in [0, 0.05) is 30.1 Å². The zero-order valence-electron chi connectivity index (χ0n) is 19.4. The smallest absolute Gasteiger partial charge is 0.251 e. The minimum Gasteiger partial charge on any atom is -0.368 e. The predicted molar refractivity (Wildman–Crippen MR) is 133 cm³/mol. The fourth-order valence-corrected chi connectivity index (χ4v) is 3.74. The third-order valence-electron chi connectivity index (χ3n) is 5.24. The number of rotatable bonds is 6. The second-order valence-corrected chi connectivity index (χ2v) is 8.31. The summed E-state index contributed by atoms with van der Waals surface area (Å²) in [5, 5.41) is 13.1. The Balaban J connectivity index is 1.60. The van der Waals surface area contributed by atoms with E-state index < -0.39 is 0 Å². The molecule has 176 valence electrons. The van der Waals surface area contributed by atoms with Gasteiger partial charge in [-0.1, -0.05) is 12.1 Å². The number of H-pyrrole nitrogens is 1. The van der Waals surface area contributed by atoms with Crippen molar-refractivity contribution >= 4 is 29.1 Å². The molecule has 0 saturated carbocycles. The Bertz CT molecular complexity index is 1480. The fourth-order valence-electron chi connectivity index (χ4n) is 3.74. The largest absolute Gasteiger partial charge is 0.368 e. The molecular formula is C24H24N10O. The first-order valence-electron chi connectivity index (χ1n) is 11.1. The van der Waals surface area contributed by atoms with E-state index in [1.807, 2.05) is 60.8 Å². The van der Waals surface area contributed by atoms with E-state index in [0.717, 1.165) is 11.1 Å². The number of carbonyl (C=O) groups excluding carboxylic acids is 1. The molecule has 11 heteroatoms. The van der Waals surface area contributed by atoms with E-state index in [2.05, 4.69) is 35.8 Å². The lowest BCUT2D eigenvalue weighted by molar-refractivity contribution is 0.0943. The molecule has 1 aromatic carbocycles. The molecule has 0 atom stereocenters. The SMILES string of the molecule is Cc1nc(N)nc(-c2c(Nc3cc[nH]n3)nc3ccc(-c4ccc(C(=O)NC(C)C)cc4)cn23)n1. The molecule has 5 aromatic rings. The molecule has 35 heavy (non-hydrogen) atoms. The predicted octanol–water partition coefficient (Wildman–Crippen LogP) is 3.35. The van der Waals surface area contributed by atoms with Crippen molar-refractivity contribution in [1.82, 2.24) is 39.9 Å². The summed E-state index contributed by atoms with van der Waals surface area (Å²) in [6.45, 7) is 5.62. The lowest BCUT2D eigenvalue weighted by Gasteiger charge is -2.10. The van der Waals surface area contributed by atoms with E-state index in [0.29, 0.717) is 40.2 Å². The molecule has 1 amide bonds. The Hall–Kier alpha value is -4.80. The second kappa shape index (κ2) is 8.86. The van der Waals surface area contributed by atoms with Crippen molar-refractivity contribution in [2.75, 3.05) is 11.1 Å². The summed E-state index contributed by atoms with van der Waals surface area (Å²) in [5.41, 5.74) is 9.71. The maximum Gasteiger partial charge on any atom is 0.251 e. The van der Waals surface area contributed by atoms with Gasteiger partial charge in [0.1, 0.15) is 17.2 Å². The van der Waals surface area contributed by atoms with Crippen LogP contribution in [0, 0.1) is 6.92 Å². The standard InChI is InChI=1S/C24H24N10O/c1-13(2)27-23(35)16-6-4-15(5-7-16)17-8-9-19-31-22(30-18-10-11-26-33-18)20(34(19)12-17)21-28-14(3)29-24(25)32-21/h4-13H,1-3H3,(H,27,35)(H2,26,30,33)(H2,25,28,29,32). The maximum absolute atomic E-state index is 12.3. The first-order valence-corrected chi connectivity index (χ1v) is 11.1. The average molecular weight is 469 g/mol. The number of benzene rings is 1. The Labute approximate surface area is 200 Å². The molecule has 4 heterocycles. The number of aromatic amines is 1. The molecule has 11 nitrogen and oxygen atoms in total. The lowest BCUT2D eigenvalue weighted by atomic mass is 10.1. The monoisotopic (exact) mass is 468 g/mol. The van der Waals surface area contributed by atoms with Crippen LogP contribution in [0.15, 0.2) is 54.9 Å². The van der Waals surface area contributed by atoms with Gasteiger partial charge in [0.25, 0.3) is 5.91 Å². The highest BCUT2D eigenvalue weighted by Gasteiger charge is 2.19. The van der Waals surface area contributed by atoms with Crippen molar-refractivity contribution in [3.05, 3.63) is 66.2 Å². The first kappa shape index (κ1) is 22.0. The summed E-state index contributed by atoms with van der Waals surface area (Å²) in [7, 11) is 0. The number of nitrogen functional groups attached to an aromatic ring is 1. The normalized spacial score (nSPS) is 11.2. The molecule has 0 fully saturated rings. The van der Waals surface area contributed by atoms with Gasteiger partial charge in [-0.2, -0.15) is 15.1 Å². The van der Waals surface area contributed by atoms with Gasteiger partial charge in [0.05, 0.1) is 0 Å². The van der Waals surface area contributed by atoms with E-state index in [1.54, 1.807) is 19.2 Å². The summed E-state index contributed by atoms with van der Waals surface area (Å²) in [5.74, 6) is 2.04. The van der Waals surface area contributed by atoms with Gasteiger partial charge in [-0.25, -0.2) is 9.97 Å². The van der Waals surface area contributed by atoms with Crippen LogP contribution in [0.2, 0.25) is 0 Å². The number of hydrogen-bond acceptors (Lipinski definition) is 8. The van der Waals surface area contributed by atoms with Crippen LogP contribution in [-0.4, -0.2) is 46.5 Å². The van der Waals surface area contributed by atoms with Crippen molar-refractivity contribution in [3.8, 4) is 22.6 Å². The van der Waals surface area contributed by atoms with E-state index in [4.69, 9.17) is 10.7 Å². The number of imidazole rings is 1. The molecule has 0 bridgehead atoms. The summed E-state index contributed by atoms with van der Waals surface area (Å²) in [6.07, 6.45) is 3.66. The Morgan fingerprint density at radius 2 is 1.77 bits per heavy atom. The molecule has 0 aliphatic carbocycles. The first-order chi connectivity index (χ1) is 16.9.